The second-order valence-corrected chi connectivity index (χ2v) is 11.7. The summed E-state index contributed by atoms with van der Waals surface area (Å²) in [5.74, 6) is 0. The smallest absolute Gasteiger partial charge is 0.209 e. The monoisotopic (exact) mass is 611 g/mol. The number of allylic oxidation sites excluding steroid dienone is 8. The lowest BCUT2D eigenvalue weighted by atomic mass is 9.87. The fraction of sp³-hybridized carbons (Fsp3) is 0.462. The molecule has 5 rings (SSSR count). The van der Waals surface area contributed by atoms with E-state index in [4.69, 9.17) is 18.9 Å². The quantitative estimate of drug-likeness (QED) is 0.138. The summed E-state index contributed by atoms with van der Waals surface area (Å²) < 4.78 is 25.0. The van der Waals surface area contributed by atoms with E-state index in [1.807, 2.05) is 13.8 Å². The van der Waals surface area contributed by atoms with Crippen molar-refractivity contribution < 1.29 is 23.5 Å². The minimum atomic E-state index is 0.637. The summed E-state index contributed by atoms with van der Waals surface area (Å²) in [4.78, 5) is 2.43. The van der Waals surface area contributed by atoms with Gasteiger partial charge in [-0.05, 0) is 74.5 Å². The molecule has 0 N–H and O–H groups in total. The Labute approximate surface area is 270 Å². The molecule has 2 aromatic rings. The Morgan fingerprint density at radius 2 is 1.44 bits per heavy atom. The number of hydrogen-bond acceptors (Lipinski definition) is 5. The van der Waals surface area contributed by atoms with E-state index in [2.05, 4.69) is 89.2 Å². The van der Waals surface area contributed by atoms with Crippen molar-refractivity contribution in [3.63, 3.8) is 0 Å². The maximum Gasteiger partial charge on any atom is 0.209 e. The van der Waals surface area contributed by atoms with Gasteiger partial charge in [0.2, 0.25) is 5.69 Å². The van der Waals surface area contributed by atoms with Gasteiger partial charge in [-0.3, -0.25) is 0 Å². The molecular formula is C39H51N2O4+. The number of ether oxygens (including phenoxy) is 4. The molecule has 6 heteroatoms. The van der Waals surface area contributed by atoms with E-state index >= 15 is 0 Å². The van der Waals surface area contributed by atoms with Gasteiger partial charge in [0.1, 0.15) is 6.61 Å². The summed E-state index contributed by atoms with van der Waals surface area (Å²) in [7, 11) is 0. The van der Waals surface area contributed by atoms with E-state index in [9.17, 15) is 0 Å². The molecule has 6 nitrogen and oxygen atoms in total. The van der Waals surface area contributed by atoms with Gasteiger partial charge in [0.15, 0.2) is 12.3 Å². The highest BCUT2D eigenvalue weighted by Crippen LogP contribution is 2.35. The summed E-state index contributed by atoms with van der Waals surface area (Å²) in [5.41, 5.74) is 12.3. The van der Waals surface area contributed by atoms with Crippen molar-refractivity contribution in [1.82, 2.24) is 0 Å². The van der Waals surface area contributed by atoms with E-state index < -0.39 is 0 Å². The maximum absolute atomic E-state index is 5.88. The van der Waals surface area contributed by atoms with Crippen LogP contribution in [-0.2, 0) is 31.8 Å². The number of anilines is 1. The maximum atomic E-state index is 5.88. The first kappa shape index (κ1) is 33.1. The first-order valence-corrected chi connectivity index (χ1v) is 16.8. The number of fused-ring (bicyclic) bond motifs is 2. The van der Waals surface area contributed by atoms with Crippen molar-refractivity contribution in [3.05, 3.63) is 106 Å². The predicted molar refractivity (Wildman–Crippen MR) is 184 cm³/mol. The predicted octanol–water partition coefficient (Wildman–Crippen LogP) is 7.36. The molecule has 2 aliphatic heterocycles. The normalized spacial score (nSPS) is 18.2. The molecule has 0 aromatic heterocycles. The molecule has 240 valence electrons. The van der Waals surface area contributed by atoms with Crippen LogP contribution in [0.2, 0.25) is 0 Å². The van der Waals surface area contributed by atoms with E-state index in [1.165, 1.54) is 57.1 Å². The van der Waals surface area contributed by atoms with Gasteiger partial charge in [-0.25, -0.2) is 0 Å². The van der Waals surface area contributed by atoms with Gasteiger partial charge in [0, 0.05) is 55.3 Å². The summed E-state index contributed by atoms with van der Waals surface area (Å²) in [5, 5.41) is 0. The van der Waals surface area contributed by atoms with Crippen LogP contribution in [0, 0.1) is 0 Å². The molecule has 0 amide bonds. The van der Waals surface area contributed by atoms with Crippen LogP contribution in [0.4, 0.5) is 11.4 Å². The van der Waals surface area contributed by atoms with Gasteiger partial charge in [-0.2, -0.15) is 4.58 Å². The van der Waals surface area contributed by atoms with Crippen LogP contribution in [0.3, 0.4) is 0 Å². The third-order valence-electron chi connectivity index (χ3n) is 8.88. The lowest BCUT2D eigenvalue weighted by molar-refractivity contribution is -0.441. The van der Waals surface area contributed by atoms with Gasteiger partial charge in [0.25, 0.3) is 0 Å². The zero-order valence-electron chi connectivity index (χ0n) is 27.6. The Hall–Kier alpha value is -3.29. The zero-order valence-corrected chi connectivity index (χ0v) is 27.6. The summed E-state index contributed by atoms with van der Waals surface area (Å²) in [6, 6.07) is 17.5. The average molecular weight is 612 g/mol. The molecule has 0 atom stereocenters. The fourth-order valence-corrected chi connectivity index (χ4v) is 6.46. The third-order valence-corrected chi connectivity index (χ3v) is 8.88. The summed E-state index contributed by atoms with van der Waals surface area (Å²) >= 11 is 0. The first-order chi connectivity index (χ1) is 22.2. The van der Waals surface area contributed by atoms with Crippen LogP contribution in [0.15, 0.2) is 95.3 Å². The summed E-state index contributed by atoms with van der Waals surface area (Å²) in [6.45, 7) is 13.4. The molecular weight excluding hydrogens is 560 g/mol. The number of benzene rings is 2. The SMILES string of the molecule is CCOCCOCCN1/C(=C/C=C2\CCCC(/C=C/C3=[N+](CCOCCOCC)c4ccccc4C3)=C2C)Cc2ccccc21. The molecule has 45 heavy (non-hydrogen) atoms. The van der Waals surface area contributed by atoms with Gasteiger partial charge in [-0.1, -0.05) is 48.6 Å². The van der Waals surface area contributed by atoms with Crippen molar-refractivity contribution in [2.45, 2.75) is 52.9 Å². The van der Waals surface area contributed by atoms with E-state index in [0.717, 1.165) is 52.0 Å². The van der Waals surface area contributed by atoms with E-state index in [0.29, 0.717) is 39.6 Å². The number of para-hydroxylation sites is 2. The van der Waals surface area contributed by atoms with Crippen LogP contribution in [-0.4, -0.2) is 76.2 Å². The Balaban J connectivity index is 1.29. The molecule has 0 radical (unpaired) electrons. The molecule has 2 heterocycles. The Morgan fingerprint density at radius 3 is 2.24 bits per heavy atom. The largest absolute Gasteiger partial charge is 0.379 e. The van der Waals surface area contributed by atoms with Gasteiger partial charge in [0.05, 0.1) is 39.5 Å². The third kappa shape index (κ3) is 8.92. The van der Waals surface area contributed by atoms with Crippen molar-refractivity contribution in [1.29, 1.82) is 0 Å². The molecule has 0 spiro atoms. The van der Waals surface area contributed by atoms with Gasteiger partial charge >= 0.3 is 0 Å². The molecule has 0 saturated carbocycles. The van der Waals surface area contributed by atoms with Gasteiger partial charge < -0.3 is 23.8 Å². The fourth-order valence-electron chi connectivity index (χ4n) is 6.46. The lowest BCUT2D eigenvalue weighted by Gasteiger charge is -2.22. The molecule has 0 fully saturated rings. The van der Waals surface area contributed by atoms with Crippen LogP contribution >= 0.6 is 0 Å². The molecule has 0 saturated heterocycles. The summed E-state index contributed by atoms with van der Waals surface area (Å²) in [6.07, 6.45) is 14.8. The molecule has 3 aliphatic rings. The molecule has 0 bridgehead atoms. The number of nitrogens with zero attached hydrogens (tertiary/aromatic N) is 2. The highest BCUT2D eigenvalue weighted by atomic mass is 16.5. The number of hydrogen-bond donors (Lipinski definition) is 0. The second-order valence-electron chi connectivity index (χ2n) is 11.7. The standard InChI is InChI=1S/C39H51N2O4/c1-4-42-25-27-44-23-21-40-36(29-34-11-6-8-15-38(34)40)19-17-32-13-10-14-33(31(32)3)18-20-37-30-35-12-7-9-16-39(35)41(37)22-24-45-28-26-43-5-2/h6-9,11-12,15-20H,4-5,10,13-14,21-30H2,1-3H3/q+1. The number of rotatable bonds is 17. The first-order valence-electron chi connectivity index (χ1n) is 16.8. The highest BCUT2D eigenvalue weighted by Gasteiger charge is 2.28. The minimum Gasteiger partial charge on any atom is -0.379 e. The van der Waals surface area contributed by atoms with Crippen molar-refractivity contribution >= 4 is 17.1 Å². The Kier molecular flexibility index (Phi) is 12.8. The van der Waals surface area contributed by atoms with Crippen LogP contribution in [0.25, 0.3) is 0 Å². The van der Waals surface area contributed by atoms with E-state index in [-0.39, 0.29) is 0 Å². The van der Waals surface area contributed by atoms with Crippen molar-refractivity contribution in [2.24, 2.45) is 0 Å². The molecule has 0 unspecified atom stereocenters. The van der Waals surface area contributed by atoms with Crippen LogP contribution in [0.5, 0.6) is 0 Å². The topological polar surface area (TPSA) is 43.2 Å². The van der Waals surface area contributed by atoms with Crippen LogP contribution in [0.1, 0.15) is 51.2 Å². The van der Waals surface area contributed by atoms with Crippen molar-refractivity contribution in [3.8, 4) is 0 Å². The zero-order chi connectivity index (χ0) is 31.3. The Bertz CT molecular complexity index is 1430. The minimum absolute atomic E-state index is 0.637. The average Bonchev–Trinajstić information content (AvgIpc) is 3.60. The van der Waals surface area contributed by atoms with Crippen molar-refractivity contribution in [2.75, 3.05) is 70.8 Å². The van der Waals surface area contributed by atoms with Crippen LogP contribution < -0.4 is 4.90 Å². The van der Waals surface area contributed by atoms with Gasteiger partial charge in [-0.15, -0.1) is 0 Å². The lowest BCUT2D eigenvalue weighted by Crippen LogP contribution is -2.24. The molecule has 1 aliphatic carbocycles. The van der Waals surface area contributed by atoms with E-state index in [1.54, 1.807) is 0 Å². The molecule has 2 aromatic carbocycles. The second kappa shape index (κ2) is 17.4. The highest BCUT2D eigenvalue weighted by molar-refractivity contribution is 5.96. The Morgan fingerprint density at radius 1 is 0.733 bits per heavy atom.